The minimum absolute atomic E-state index is 0.00919. The van der Waals surface area contributed by atoms with Gasteiger partial charge in [-0.25, -0.2) is 0 Å². The second-order valence-corrected chi connectivity index (χ2v) is 4.66. The van der Waals surface area contributed by atoms with Crippen molar-refractivity contribution in [2.75, 3.05) is 0 Å². The second kappa shape index (κ2) is 6.41. The van der Waals surface area contributed by atoms with Crippen molar-refractivity contribution in [3.63, 3.8) is 0 Å². The van der Waals surface area contributed by atoms with Crippen LogP contribution < -0.4 is 0 Å². The molecule has 2 aromatic rings. The van der Waals surface area contributed by atoms with Crippen LogP contribution in [0.1, 0.15) is 31.3 Å². The third-order valence-electron chi connectivity index (χ3n) is 2.76. The number of aliphatic hydroxyl groups is 1. The molecule has 100 valence electrons. The van der Waals surface area contributed by atoms with Crippen molar-refractivity contribution >= 4 is 0 Å². The molecule has 4 nitrogen and oxygen atoms in total. The van der Waals surface area contributed by atoms with Gasteiger partial charge in [-0.2, -0.15) is 0 Å². The number of aliphatic hydroxyl groups excluding tert-OH is 1. The normalized spacial score (nSPS) is 12.9. The lowest BCUT2D eigenvalue weighted by atomic mass is 10.1. The van der Waals surface area contributed by atoms with E-state index in [1.807, 2.05) is 50.2 Å². The van der Waals surface area contributed by atoms with E-state index in [0.717, 1.165) is 11.4 Å². The maximum Gasteiger partial charge on any atom is 0.158 e. The van der Waals surface area contributed by atoms with E-state index in [-0.39, 0.29) is 5.92 Å². The first-order valence-electron chi connectivity index (χ1n) is 6.34. The van der Waals surface area contributed by atoms with Crippen LogP contribution >= 0.6 is 0 Å². The van der Waals surface area contributed by atoms with Gasteiger partial charge in [0.1, 0.15) is 6.10 Å². The highest BCUT2D eigenvalue weighted by molar-refractivity contribution is 5.19. The molecule has 0 amide bonds. The molecule has 0 saturated carbocycles. The van der Waals surface area contributed by atoms with E-state index >= 15 is 0 Å². The zero-order valence-corrected chi connectivity index (χ0v) is 11.1. The molecule has 2 aromatic heterocycles. The van der Waals surface area contributed by atoms with Crippen LogP contribution in [0.4, 0.5) is 0 Å². The average molecular weight is 258 g/mol. The first kappa shape index (κ1) is 13.6. The summed E-state index contributed by atoms with van der Waals surface area (Å²) in [6, 6.07) is 11.2. The van der Waals surface area contributed by atoms with E-state index in [2.05, 4.69) is 9.97 Å². The van der Waals surface area contributed by atoms with Crippen molar-refractivity contribution in [2.45, 2.75) is 26.2 Å². The molecule has 1 N–H and O–H groups in total. The Labute approximate surface area is 113 Å². The minimum atomic E-state index is -0.853. The Balaban J connectivity index is 2.29. The maximum atomic E-state index is 9.94. The molecule has 0 fully saturated rings. The van der Waals surface area contributed by atoms with Crippen molar-refractivity contribution in [3.8, 4) is 0 Å². The van der Waals surface area contributed by atoms with Crippen LogP contribution in [0, 0.1) is 5.92 Å². The summed E-state index contributed by atoms with van der Waals surface area (Å²) in [4.78, 5) is 8.58. The van der Waals surface area contributed by atoms with Crippen LogP contribution in [0.15, 0.2) is 48.8 Å². The van der Waals surface area contributed by atoms with Crippen LogP contribution in [-0.2, 0) is 4.74 Å². The van der Waals surface area contributed by atoms with E-state index in [4.69, 9.17) is 4.74 Å². The van der Waals surface area contributed by atoms with Gasteiger partial charge in [0, 0.05) is 18.3 Å². The summed E-state index contributed by atoms with van der Waals surface area (Å²) in [5.41, 5.74) is 1.47. The molecule has 2 heterocycles. The van der Waals surface area contributed by atoms with Gasteiger partial charge in [-0.15, -0.1) is 0 Å². The van der Waals surface area contributed by atoms with Crippen LogP contribution in [-0.4, -0.2) is 21.4 Å². The van der Waals surface area contributed by atoms with Crippen LogP contribution in [0.5, 0.6) is 0 Å². The van der Waals surface area contributed by atoms with Crippen LogP contribution in [0.2, 0.25) is 0 Å². The first-order valence-corrected chi connectivity index (χ1v) is 6.34. The van der Waals surface area contributed by atoms with Crippen LogP contribution in [0.25, 0.3) is 0 Å². The van der Waals surface area contributed by atoms with Gasteiger partial charge in [0.25, 0.3) is 0 Å². The zero-order chi connectivity index (χ0) is 13.7. The Morgan fingerprint density at radius 3 is 1.84 bits per heavy atom. The summed E-state index contributed by atoms with van der Waals surface area (Å²) in [6.45, 7) is 3.80. The van der Waals surface area contributed by atoms with Gasteiger partial charge in [0.15, 0.2) is 6.29 Å². The minimum Gasteiger partial charge on any atom is -0.368 e. The fourth-order valence-electron chi connectivity index (χ4n) is 1.65. The van der Waals surface area contributed by atoms with Crippen molar-refractivity contribution < 1.29 is 9.84 Å². The Morgan fingerprint density at radius 2 is 1.47 bits per heavy atom. The molecule has 0 spiro atoms. The van der Waals surface area contributed by atoms with Gasteiger partial charge >= 0.3 is 0 Å². The SMILES string of the molecule is CC(C)C(O)OC(c1ccccn1)c1ccccn1. The number of hydrogen-bond acceptors (Lipinski definition) is 4. The number of nitrogens with zero attached hydrogens (tertiary/aromatic N) is 2. The molecule has 1 atom stereocenters. The Bertz CT molecular complexity index is 449. The highest BCUT2D eigenvalue weighted by Gasteiger charge is 2.22. The summed E-state index contributed by atoms with van der Waals surface area (Å²) in [7, 11) is 0. The standard InChI is InChI=1S/C15H18N2O2/c1-11(2)15(18)19-14(12-7-3-5-9-16-12)13-8-4-6-10-17-13/h3-11,14-15,18H,1-2H3. The lowest BCUT2D eigenvalue weighted by molar-refractivity contribution is -0.152. The molecule has 0 bridgehead atoms. The van der Waals surface area contributed by atoms with E-state index in [1.165, 1.54) is 0 Å². The highest BCUT2D eigenvalue weighted by atomic mass is 16.6. The van der Waals surface area contributed by atoms with Gasteiger partial charge in [0.2, 0.25) is 0 Å². The molecule has 0 saturated heterocycles. The van der Waals surface area contributed by atoms with Crippen molar-refractivity contribution in [2.24, 2.45) is 5.92 Å². The maximum absolute atomic E-state index is 9.94. The predicted molar refractivity (Wildman–Crippen MR) is 72.2 cm³/mol. The zero-order valence-electron chi connectivity index (χ0n) is 11.1. The topological polar surface area (TPSA) is 55.2 Å². The van der Waals surface area contributed by atoms with Crippen molar-refractivity contribution in [1.29, 1.82) is 0 Å². The highest BCUT2D eigenvalue weighted by Crippen LogP contribution is 2.25. The molecule has 4 heteroatoms. The fourth-order valence-corrected chi connectivity index (χ4v) is 1.65. The lowest BCUT2D eigenvalue weighted by Crippen LogP contribution is -2.23. The molecule has 0 aromatic carbocycles. The number of pyridine rings is 2. The average Bonchev–Trinajstić information content (AvgIpc) is 2.46. The summed E-state index contributed by atoms with van der Waals surface area (Å²) in [5, 5.41) is 9.94. The number of ether oxygens (including phenoxy) is 1. The fraction of sp³-hybridized carbons (Fsp3) is 0.333. The molecule has 0 aliphatic heterocycles. The van der Waals surface area contributed by atoms with E-state index in [9.17, 15) is 5.11 Å². The number of aromatic nitrogens is 2. The molecule has 0 aliphatic carbocycles. The second-order valence-electron chi connectivity index (χ2n) is 4.66. The third kappa shape index (κ3) is 3.59. The summed E-state index contributed by atoms with van der Waals surface area (Å²) in [5.74, 6) is 0.00919. The predicted octanol–water partition coefficient (Wildman–Crippen LogP) is 2.56. The van der Waals surface area contributed by atoms with Gasteiger partial charge in [-0.3, -0.25) is 9.97 Å². The van der Waals surface area contributed by atoms with Crippen LogP contribution in [0.3, 0.4) is 0 Å². The largest absolute Gasteiger partial charge is 0.368 e. The van der Waals surface area contributed by atoms with Gasteiger partial charge in [-0.1, -0.05) is 26.0 Å². The third-order valence-corrected chi connectivity index (χ3v) is 2.76. The van der Waals surface area contributed by atoms with Gasteiger partial charge in [-0.05, 0) is 24.3 Å². The molecule has 0 aliphatic rings. The Hall–Kier alpha value is -1.78. The smallest absolute Gasteiger partial charge is 0.158 e. The molecular formula is C15H18N2O2. The number of hydrogen-bond donors (Lipinski definition) is 1. The Kier molecular flexibility index (Phi) is 4.60. The molecule has 1 unspecified atom stereocenters. The van der Waals surface area contributed by atoms with E-state index in [1.54, 1.807) is 12.4 Å². The van der Waals surface area contributed by atoms with Crippen molar-refractivity contribution in [3.05, 3.63) is 60.2 Å². The summed E-state index contributed by atoms with van der Waals surface area (Å²) >= 11 is 0. The first-order chi connectivity index (χ1) is 9.18. The lowest BCUT2D eigenvalue weighted by Gasteiger charge is -2.23. The van der Waals surface area contributed by atoms with Crippen molar-refractivity contribution in [1.82, 2.24) is 9.97 Å². The van der Waals surface area contributed by atoms with Gasteiger partial charge in [0.05, 0.1) is 11.4 Å². The molecule has 2 rings (SSSR count). The summed E-state index contributed by atoms with van der Waals surface area (Å²) in [6.07, 6.45) is 2.10. The van der Waals surface area contributed by atoms with E-state index in [0.29, 0.717) is 0 Å². The molecule has 0 radical (unpaired) electrons. The quantitative estimate of drug-likeness (QED) is 0.837. The monoisotopic (exact) mass is 258 g/mol. The van der Waals surface area contributed by atoms with E-state index < -0.39 is 12.4 Å². The number of rotatable bonds is 5. The summed E-state index contributed by atoms with van der Waals surface area (Å²) < 4.78 is 5.71. The molecule has 19 heavy (non-hydrogen) atoms. The molecular weight excluding hydrogens is 240 g/mol. The Morgan fingerprint density at radius 1 is 0.947 bits per heavy atom. The van der Waals surface area contributed by atoms with Gasteiger partial charge < -0.3 is 9.84 Å².